The van der Waals surface area contributed by atoms with Gasteiger partial charge in [-0.15, -0.1) is 0 Å². The maximum atomic E-state index is 11.6. The number of para-hydroxylation sites is 4. The van der Waals surface area contributed by atoms with Crippen LogP contribution in [0.5, 0.6) is 11.5 Å². The van der Waals surface area contributed by atoms with Gasteiger partial charge in [-0.05, 0) is 195 Å². The van der Waals surface area contributed by atoms with Crippen molar-refractivity contribution in [2.75, 3.05) is 0 Å². The van der Waals surface area contributed by atoms with Gasteiger partial charge in [0.1, 0.15) is 29.5 Å². The number of hydrogen-bond donors (Lipinski definition) is 2. The maximum absolute atomic E-state index is 11.6. The maximum Gasteiger partial charge on any atom is 0.149 e. The fourth-order valence-corrected chi connectivity index (χ4v) is 13.7. The van der Waals surface area contributed by atoms with Crippen molar-refractivity contribution in [2.24, 2.45) is 0 Å². The van der Waals surface area contributed by atoms with Crippen molar-refractivity contribution < 1.29 is 10.2 Å². The predicted octanol–water partition coefficient (Wildman–Crippen LogP) is 21.1. The van der Waals surface area contributed by atoms with Gasteiger partial charge in [-0.2, -0.15) is 0 Å². The number of benzene rings is 8. The Morgan fingerprint density at radius 3 is 1.06 bits per heavy atom. The summed E-state index contributed by atoms with van der Waals surface area (Å²) in [5, 5.41) is 23.2. The van der Waals surface area contributed by atoms with E-state index < -0.39 is 0 Å². The Morgan fingerprint density at radius 1 is 0.364 bits per heavy atom. The van der Waals surface area contributed by atoms with Gasteiger partial charge in [-0.3, -0.25) is 9.13 Å². The topological polar surface area (TPSA) is 102 Å². The van der Waals surface area contributed by atoms with E-state index in [1.807, 2.05) is 36.4 Å². The van der Waals surface area contributed by atoms with Gasteiger partial charge in [0.25, 0.3) is 0 Å². The van der Waals surface area contributed by atoms with Crippen molar-refractivity contribution in [1.82, 2.24) is 29.1 Å². The van der Waals surface area contributed by atoms with E-state index in [4.69, 9.17) is 19.9 Å². The second kappa shape index (κ2) is 22.2. The fraction of sp³-hybridized carbons (Fsp3) is 0.325. The molecule has 0 bridgehead atoms. The first-order chi connectivity index (χ1) is 41.9. The zero-order valence-electron chi connectivity index (χ0n) is 53.6. The quantitative estimate of drug-likeness (QED) is 0.141. The third-order valence-electron chi connectivity index (χ3n) is 18.9. The molecule has 0 amide bonds. The highest BCUT2D eigenvalue weighted by Crippen LogP contribution is 2.46. The SMILES string of the molecule is CC(C)(C)c1cc(-n2c(-c3ccccc3O)nc3c(-c4cc(-c5cc(-c6cc(-c7cccc8c7nc(-c7ccccc7O)n8-c7cc(C(C)(C)C)cc(C(C)(C)C)c7)cc(C7CCCC7)c6)ncn5)cc(C5CCCC5)c4)cccc32)cc(C(C)(C)C)c1. The molecular weight excluding hydrogens is 1080 g/mol. The number of phenols is 2. The van der Waals surface area contributed by atoms with Crippen LogP contribution in [0.25, 0.3) is 101 Å². The van der Waals surface area contributed by atoms with Crippen molar-refractivity contribution >= 4 is 22.1 Å². The lowest BCUT2D eigenvalue weighted by Crippen LogP contribution is -2.17. The molecule has 0 radical (unpaired) electrons. The van der Waals surface area contributed by atoms with Gasteiger partial charge in [-0.1, -0.05) is 182 Å². The van der Waals surface area contributed by atoms with Crippen molar-refractivity contribution in [3.05, 3.63) is 203 Å². The summed E-state index contributed by atoms with van der Waals surface area (Å²) in [6, 6.07) is 58.6. The third kappa shape index (κ3) is 11.1. The van der Waals surface area contributed by atoms with E-state index in [1.165, 1.54) is 59.1 Å². The minimum Gasteiger partial charge on any atom is -0.507 e. The Hall–Kier alpha value is -8.62. The summed E-state index contributed by atoms with van der Waals surface area (Å²) in [5.74, 6) is 2.62. The number of rotatable bonds is 10. The van der Waals surface area contributed by atoms with E-state index >= 15 is 0 Å². The standard InChI is InChI=1S/C80H84N6O2/c1-77(2,3)57-41-58(78(4,5)6)44-61(43-57)85-69-31-21-29-63(73(69)83-75(85)65-27-17-19-33-71(65)87)53-35-51(49-23-13-14-24-49)37-55(39-53)67-47-68(82-48-81-67)56-38-52(50-25-15-16-26-50)36-54(40-56)64-30-22-32-70-74(64)84-76(66-28-18-20-34-72(66)88)86(70)62-45-59(79(7,8)9)42-60(46-62)80(10,11)12/h17-22,27-50,87-88H,13-16,23-26H2,1-12H3. The Kier molecular flexibility index (Phi) is 14.7. The van der Waals surface area contributed by atoms with Crippen LogP contribution in [0.2, 0.25) is 0 Å². The molecule has 8 aromatic carbocycles. The molecule has 0 aliphatic heterocycles. The molecule has 8 nitrogen and oxygen atoms in total. The lowest BCUT2D eigenvalue weighted by molar-refractivity contribution is 0.476. The molecule has 2 fully saturated rings. The molecule has 13 rings (SSSR count). The zero-order valence-corrected chi connectivity index (χ0v) is 53.6. The van der Waals surface area contributed by atoms with Crippen molar-refractivity contribution in [3.8, 4) is 90.4 Å². The van der Waals surface area contributed by atoms with Crippen LogP contribution in [-0.4, -0.2) is 39.3 Å². The van der Waals surface area contributed by atoms with E-state index in [0.717, 1.165) is 104 Å². The summed E-state index contributed by atoms with van der Waals surface area (Å²) < 4.78 is 4.52. The predicted molar refractivity (Wildman–Crippen MR) is 364 cm³/mol. The highest BCUT2D eigenvalue weighted by molar-refractivity contribution is 5.98. The van der Waals surface area contributed by atoms with Crippen LogP contribution in [0, 0.1) is 0 Å². The van der Waals surface area contributed by atoms with Gasteiger partial charge in [-0.25, -0.2) is 19.9 Å². The Morgan fingerprint density at radius 2 is 0.705 bits per heavy atom. The molecule has 8 heteroatoms. The van der Waals surface area contributed by atoms with Crippen LogP contribution in [0.1, 0.15) is 180 Å². The molecule has 0 atom stereocenters. The molecule has 3 aromatic heterocycles. The summed E-state index contributed by atoms with van der Waals surface area (Å²) in [7, 11) is 0. The highest BCUT2D eigenvalue weighted by atomic mass is 16.3. The molecule has 446 valence electrons. The van der Waals surface area contributed by atoms with Crippen LogP contribution in [0.4, 0.5) is 0 Å². The molecule has 0 saturated heterocycles. The van der Waals surface area contributed by atoms with E-state index in [2.05, 4.69) is 207 Å². The van der Waals surface area contributed by atoms with Gasteiger partial charge in [0.2, 0.25) is 0 Å². The Balaban J connectivity index is 0.975. The van der Waals surface area contributed by atoms with Crippen LogP contribution in [-0.2, 0) is 21.7 Å². The largest absolute Gasteiger partial charge is 0.507 e. The zero-order chi connectivity index (χ0) is 61.6. The average Bonchev–Trinajstić information content (AvgIpc) is 1.64. The van der Waals surface area contributed by atoms with Crippen molar-refractivity contribution in [1.29, 1.82) is 0 Å². The number of hydrogen-bond acceptors (Lipinski definition) is 6. The molecule has 0 unspecified atom stereocenters. The van der Waals surface area contributed by atoms with E-state index in [0.29, 0.717) is 34.6 Å². The number of nitrogens with zero attached hydrogens (tertiary/aromatic N) is 6. The molecule has 2 aliphatic rings. The Bertz CT molecular complexity index is 4130. The smallest absolute Gasteiger partial charge is 0.149 e. The molecule has 3 heterocycles. The summed E-state index contributed by atoms with van der Waals surface area (Å²) in [4.78, 5) is 21.4. The number of aromatic nitrogens is 6. The van der Waals surface area contributed by atoms with Crippen LogP contribution >= 0.6 is 0 Å². The number of aromatic hydroxyl groups is 2. The number of phenolic OH excluding ortho intramolecular Hbond substituents is 2. The lowest BCUT2D eigenvalue weighted by atomic mass is 9.80. The highest BCUT2D eigenvalue weighted by Gasteiger charge is 2.29. The number of fused-ring (bicyclic) bond motifs is 2. The third-order valence-corrected chi connectivity index (χ3v) is 18.9. The molecule has 0 spiro atoms. The van der Waals surface area contributed by atoms with Gasteiger partial charge in [0, 0.05) is 33.6 Å². The Labute approximate surface area is 520 Å². The fourth-order valence-electron chi connectivity index (χ4n) is 13.7. The summed E-state index contributed by atoms with van der Waals surface area (Å²) >= 11 is 0. The average molecular weight is 1160 g/mol. The van der Waals surface area contributed by atoms with E-state index in [-0.39, 0.29) is 33.2 Å². The minimum absolute atomic E-state index is 0.109. The molecule has 88 heavy (non-hydrogen) atoms. The molecule has 11 aromatic rings. The van der Waals surface area contributed by atoms with Crippen molar-refractivity contribution in [3.63, 3.8) is 0 Å². The molecule has 2 aliphatic carbocycles. The van der Waals surface area contributed by atoms with E-state index in [1.54, 1.807) is 18.5 Å². The molecular formula is C80H84N6O2. The molecule has 2 N–H and O–H groups in total. The lowest BCUT2D eigenvalue weighted by Gasteiger charge is -2.27. The van der Waals surface area contributed by atoms with Crippen LogP contribution in [0.15, 0.2) is 170 Å². The minimum atomic E-state index is -0.109. The van der Waals surface area contributed by atoms with Gasteiger partial charge < -0.3 is 10.2 Å². The van der Waals surface area contributed by atoms with Gasteiger partial charge in [0.05, 0.1) is 44.6 Å². The first-order valence-electron chi connectivity index (χ1n) is 32.0. The summed E-state index contributed by atoms with van der Waals surface area (Å²) in [6.45, 7) is 27.3. The van der Waals surface area contributed by atoms with Crippen LogP contribution < -0.4 is 0 Å². The molecule has 2 saturated carbocycles. The summed E-state index contributed by atoms with van der Waals surface area (Å²) in [5.41, 5.74) is 22.3. The van der Waals surface area contributed by atoms with Gasteiger partial charge in [0.15, 0.2) is 0 Å². The first kappa shape index (κ1) is 58.4. The summed E-state index contributed by atoms with van der Waals surface area (Å²) in [6.07, 6.45) is 11.2. The number of imidazole rings is 2. The first-order valence-corrected chi connectivity index (χ1v) is 32.0. The van der Waals surface area contributed by atoms with Crippen molar-refractivity contribution in [2.45, 2.75) is 168 Å². The van der Waals surface area contributed by atoms with Crippen LogP contribution in [0.3, 0.4) is 0 Å². The van der Waals surface area contributed by atoms with E-state index in [9.17, 15) is 10.2 Å². The second-order valence-electron chi connectivity index (χ2n) is 29.4. The normalized spacial score (nSPS) is 14.7. The van der Waals surface area contributed by atoms with Gasteiger partial charge >= 0.3 is 0 Å². The monoisotopic (exact) mass is 1160 g/mol. The second-order valence-corrected chi connectivity index (χ2v) is 29.4.